The molecule has 2 heterocycles. The molecule has 0 atom stereocenters. The van der Waals surface area contributed by atoms with E-state index in [1.54, 1.807) is 41.3 Å². The average Bonchev–Trinajstić information content (AvgIpc) is 2.76. The number of piperidine rings is 1. The number of carbonyl (C=O) groups is 2. The topological polar surface area (TPSA) is 113 Å². The zero-order chi connectivity index (χ0) is 22.2. The van der Waals surface area contributed by atoms with Gasteiger partial charge < -0.3 is 10.2 Å². The van der Waals surface area contributed by atoms with Crippen molar-refractivity contribution >= 4 is 27.5 Å². The number of primary sulfonamides is 1. The lowest BCUT2D eigenvalue weighted by Gasteiger charge is -2.47. The van der Waals surface area contributed by atoms with Crippen molar-refractivity contribution < 1.29 is 22.5 Å². The summed E-state index contributed by atoms with van der Waals surface area (Å²) < 4.78 is 38.2. The molecule has 8 nitrogen and oxygen atoms in total. The molecule has 1 fully saturated rings. The molecule has 0 aromatic heterocycles. The fourth-order valence-electron chi connectivity index (χ4n) is 4.22. The quantitative estimate of drug-likeness (QED) is 0.703. The number of hydrogen-bond acceptors (Lipinski definition) is 5. The smallest absolute Gasteiger partial charge is 0.317 e. The highest BCUT2D eigenvalue weighted by atomic mass is 32.2. The summed E-state index contributed by atoms with van der Waals surface area (Å²) in [5.74, 6) is -0.0860. The molecule has 4 rings (SSSR count). The summed E-state index contributed by atoms with van der Waals surface area (Å²) in [6, 6.07) is 12.4. The number of nitrogens with zero attached hydrogens (tertiary/aromatic N) is 2. The Morgan fingerprint density at radius 1 is 1.13 bits per heavy atom. The maximum atomic E-state index is 15.2. The molecule has 2 aromatic carbocycles. The van der Waals surface area contributed by atoms with Crippen LogP contribution < -0.4 is 15.6 Å². The number of rotatable bonds is 3. The van der Waals surface area contributed by atoms with E-state index in [1.165, 1.54) is 12.1 Å². The molecule has 3 N–H and O–H groups in total. The van der Waals surface area contributed by atoms with Crippen molar-refractivity contribution in [1.82, 2.24) is 10.2 Å². The van der Waals surface area contributed by atoms with Gasteiger partial charge in [0, 0.05) is 31.6 Å². The van der Waals surface area contributed by atoms with Crippen molar-refractivity contribution in [2.24, 2.45) is 5.14 Å². The average molecular weight is 447 g/mol. The largest absolute Gasteiger partial charge is 0.334 e. The molecule has 1 spiro atoms. The lowest BCUT2D eigenvalue weighted by atomic mass is 9.78. The molecule has 1 saturated heterocycles. The highest BCUT2D eigenvalue weighted by Crippen LogP contribution is 2.43. The second kappa shape index (κ2) is 7.93. The number of carbonyl (C=O) groups excluding carboxylic acids is 2. The Kier molecular flexibility index (Phi) is 5.44. The number of hydrogen-bond donors (Lipinski definition) is 2. The molecule has 0 radical (unpaired) electrons. The van der Waals surface area contributed by atoms with Crippen LogP contribution in [0, 0.1) is 0 Å². The number of halogens is 1. The van der Waals surface area contributed by atoms with Gasteiger partial charge in [-0.3, -0.25) is 4.79 Å². The maximum absolute atomic E-state index is 15.2. The Hall–Kier alpha value is -2.98. The van der Waals surface area contributed by atoms with E-state index in [-0.39, 0.29) is 35.4 Å². The molecule has 2 aromatic rings. The molecule has 2 aliphatic heterocycles. The predicted octanol–water partition coefficient (Wildman–Crippen LogP) is 2.36. The number of likely N-dealkylation sites (tertiary alicyclic amines) is 1. The number of ketones is 1. The number of Topliss-reactive ketones (excluding diaryl/α,β-unsaturated/α-hetero) is 1. The van der Waals surface area contributed by atoms with Crippen LogP contribution in [0.25, 0.3) is 0 Å². The Labute approximate surface area is 179 Å². The molecule has 10 heteroatoms. The Balaban J connectivity index is 1.38. The highest BCUT2D eigenvalue weighted by molar-refractivity contribution is 7.89. The first kappa shape index (κ1) is 21.3. The van der Waals surface area contributed by atoms with Crippen LogP contribution >= 0.6 is 0 Å². The fourth-order valence-corrected chi connectivity index (χ4v) is 4.80. The minimum absolute atomic E-state index is 0.0237. The number of nitrogens with two attached hydrogens (primary N) is 1. The van der Waals surface area contributed by atoms with Gasteiger partial charge in [-0.1, -0.05) is 28.7 Å². The van der Waals surface area contributed by atoms with Crippen molar-refractivity contribution in [1.29, 1.82) is 0 Å². The first-order valence-electron chi connectivity index (χ1n) is 9.92. The Morgan fingerprint density at radius 2 is 1.84 bits per heavy atom. The van der Waals surface area contributed by atoms with Gasteiger partial charge in [-0.2, -0.15) is 0 Å². The van der Waals surface area contributed by atoms with Crippen LogP contribution in [0.15, 0.2) is 53.4 Å². The van der Waals surface area contributed by atoms with Crippen LogP contribution in [0.1, 0.15) is 35.2 Å². The molecular weight excluding hydrogens is 423 g/mol. The number of para-hydroxylation sites is 1. The monoisotopic (exact) mass is 446 g/mol. The third-order valence-corrected chi connectivity index (χ3v) is 6.89. The predicted molar refractivity (Wildman–Crippen MR) is 113 cm³/mol. The minimum atomic E-state index is -3.82. The third-order valence-electron chi connectivity index (χ3n) is 5.97. The molecular formula is C21H23FN4O4S. The summed E-state index contributed by atoms with van der Waals surface area (Å²) in [5, 5.41) is 8.59. The summed E-state index contributed by atoms with van der Waals surface area (Å²) in [4.78, 5) is 26.7. The number of urea groups is 1. The second-order valence-electron chi connectivity index (χ2n) is 7.96. The fraction of sp³-hybridized carbons (Fsp3) is 0.333. The zero-order valence-electron chi connectivity index (χ0n) is 16.8. The first-order chi connectivity index (χ1) is 14.7. The lowest BCUT2D eigenvalue weighted by molar-refractivity contribution is 0.0805. The van der Waals surface area contributed by atoms with Crippen molar-refractivity contribution in [2.75, 3.05) is 18.2 Å². The van der Waals surface area contributed by atoms with Crippen molar-refractivity contribution in [3.05, 3.63) is 59.7 Å². The summed E-state index contributed by atoms with van der Waals surface area (Å²) in [5.41, 5.74) is 0.327. The first-order valence-corrected chi connectivity index (χ1v) is 11.5. The molecule has 2 aliphatic rings. The molecule has 164 valence electrons. The van der Waals surface area contributed by atoms with E-state index < -0.39 is 15.6 Å². The van der Waals surface area contributed by atoms with E-state index in [1.807, 2.05) is 0 Å². The Bertz CT molecular complexity index is 1130. The summed E-state index contributed by atoms with van der Waals surface area (Å²) in [6.45, 7) is 0.739. The van der Waals surface area contributed by atoms with E-state index >= 15 is 4.48 Å². The van der Waals surface area contributed by atoms with E-state index in [9.17, 15) is 18.0 Å². The number of amides is 2. The maximum Gasteiger partial charge on any atom is 0.317 e. The molecule has 0 aliphatic carbocycles. The molecule has 2 amide bonds. The van der Waals surface area contributed by atoms with E-state index in [0.29, 0.717) is 42.2 Å². The molecule has 0 unspecified atom stereocenters. The van der Waals surface area contributed by atoms with Crippen molar-refractivity contribution in [3.8, 4) is 0 Å². The summed E-state index contributed by atoms with van der Waals surface area (Å²) in [7, 11) is -3.82. The molecule has 0 saturated carbocycles. The summed E-state index contributed by atoms with van der Waals surface area (Å²) in [6.07, 6.45) is 0.742. The van der Waals surface area contributed by atoms with E-state index in [2.05, 4.69) is 5.32 Å². The van der Waals surface area contributed by atoms with Crippen LogP contribution in [0.3, 0.4) is 0 Å². The van der Waals surface area contributed by atoms with Crippen LogP contribution in [0.5, 0.6) is 0 Å². The molecule has 31 heavy (non-hydrogen) atoms. The van der Waals surface area contributed by atoms with Gasteiger partial charge >= 0.3 is 6.03 Å². The number of sulfonamides is 1. The Morgan fingerprint density at radius 3 is 2.55 bits per heavy atom. The lowest BCUT2D eigenvalue weighted by Crippen LogP contribution is -2.57. The minimum Gasteiger partial charge on any atom is -0.334 e. The van der Waals surface area contributed by atoms with Gasteiger partial charge in [0.15, 0.2) is 5.78 Å². The number of benzene rings is 2. The van der Waals surface area contributed by atoms with Gasteiger partial charge in [0.1, 0.15) is 0 Å². The summed E-state index contributed by atoms with van der Waals surface area (Å²) >= 11 is 0. The standard InChI is InChI=1S/C21H23FN4O4S/c22-26-18-7-2-1-6-17(18)19(27)13-21(26)8-10-25(11-9-21)20(28)24-14-15-4-3-5-16(12-15)31(23,29)30/h1-7,12H,8-11,13-14H2,(H,24,28)(H2,23,29,30). The van der Waals surface area contributed by atoms with Crippen LogP contribution in [0.4, 0.5) is 15.0 Å². The third kappa shape index (κ3) is 4.13. The SMILES string of the molecule is NS(=O)(=O)c1cccc(CNC(=O)N2CCC3(CC2)CC(=O)c2ccccc2N3F)c1. The van der Waals surface area contributed by atoms with Crippen LogP contribution in [-0.4, -0.2) is 43.8 Å². The van der Waals surface area contributed by atoms with Gasteiger partial charge in [-0.25, -0.2) is 23.5 Å². The van der Waals surface area contributed by atoms with Gasteiger partial charge in [-0.15, -0.1) is 0 Å². The highest BCUT2D eigenvalue weighted by Gasteiger charge is 2.47. The second-order valence-corrected chi connectivity index (χ2v) is 9.52. The molecule has 0 bridgehead atoms. The van der Waals surface area contributed by atoms with Crippen molar-refractivity contribution in [3.63, 3.8) is 0 Å². The number of nitrogens with one attached hydrogen (secondary N) is 1. The van der Waals surface area contributed by atoms with Gasteiger partial charge in [-0.05, 0) is 42.7 Å². The normalized spacial score (nSPS) is 18.1. The van der Waals surface area contributed by atoms with E-state index in [0.717, 1.165) is 0 Å². The zero-order valence-corrected chi connectivity index (χ0v) is 17.6. The van der Waals surface area contributed by atoms with Crippen molar-refractivity contribution in [2.45, 2.75) is 36.2 Å². The van der Waals surface area contributed by atoms with Crippen LogP contribution in [0.2, 0.25) is 0 Å². The van der Waals surface area contributed by atoms with Gasteiger partial charge in [0.25, 0.3) is 0 Å². The number of fused-ring (bicyclic) bond motifs is 1. The number of anilines is 1. The van der Waals surface area contributed by atoms with E-state index in [4.69, 9.17) is 5.14 Å². The van der Waals surface area contributed by atoms with Gasteiger partial charge in [0.2, 0.25) is 10.0 Å². The van der Waals surface area contributed by atoms with Crippen LogP contribution in [-0.2, 0) is 16.6 Å². The van der Waals surface area contributed by atoms with Gasteiger partial charge in [0.05, 0.1) is 16.1 Å².